The van der Waals surface area contributed by atoms with Gasteiger partial charge in [-0.2, -0.15) is 0 Å². The van der Waals surface area contributed by atoms with E-state index in [4.69, 9.17) is 5.11 Å². The fraction of sp³-hybridized carbons (Fsp3) is 0.500. The number of carbonyl (C=O) groups is 2. The van der Waals surface area contributed by atoms with Crippen LogP contribution in [0.1, 0.15) is 27.3 Å². The van der Waals surface area contributed by atoms with Crippen LogP contribution in [0.25, 0.3) is 0 Å². The van der Waals surface area contributed by atoms with Crippen LogP contribution in [0, 0.1) is 6.92 Å². The summed E-state index contributed by atoms with van der Waals surface area (Å²) in [5.74, 6) is -0.951. The molecule has 0 saturated heterocycles. The predicted molar refractivity (Wildman–Crippen MR) is 68.1 cm³/mol. The molecule has 1 heterocycles. The topological polar surface area (TPSA) is 70.5 Å². The van der Waals surface area contributed by atoms with Crippen LogP contribution >= 0.6 is 23.7 Å². The molecule has 5 nitrogen and oxygen atoms in total. The number of hydrogen-bond acceptors (Lipinski definition) is 4. The van der Waals surface area contributed by atoms with E-state index in [1.807, 2.05) is 0 Å². The quantitative estimate of drug-likeness (QED) is 0.908. The van der Waals surface area contributed by atoms with E-state index in [0.29, 0.717) is 18.7 Å². The Morgan fingerprint density at radius 2 is 2.06 bits per heavy atom. The van der Waals surface area contributed by atoms with Gasteiger partial charge in [-0.05, 0) is 6.92 Å². The highest BCUT2D eigenvalue weighted by Crippen LogP contribution is 2.18. The largest absolute Gasteiger partial charge is 0.477 e. The SMILES string of the molecule is CC(=O)N(C)CCc1nc(C)c(C(=O)O)s1.Cl. The summed E-state index contributed by atoms with van der Waals surface area (Å²) in [6.45, 7) is 3.73. The molecule has 17 heavy (non-hydrogen) atoms. The lowest BCUT2D eigenvalue weighted by Gasteiger charge is -2.12. The van der Waals surface area contributed by atoms with Crippen LogP contribution in [-0.4, -0.2) is 40.5 Å². The number of nitrogens with zero attached hydrogens (tertiary/aromatic N) is 2. The monoisotopic (exact) mass is 278 g/mol. The van der Waals surface area contributed by atoms with Gasteiger partial charge in [0.05, 0.1) is 10.7 Å². The van der Waals surface area contributed by atoms with Gasteiger partial charge < -0.3 is 10.0 Å². The van der Waals surface area contributed by atoms with Gasteiger partial charge in [0.1, 0.15) is 4.88 Å². The molecule has 0 aliphatic heterocycles. The van der Waals surface area contributed by atoms with Crippen molar-refractivity contribution >= 4 is 35.6 Å². The summed E-state index contributed by atoms with van der Waals surface area (Å²) in [4.78, 5) is 27.8. The third-order valence-corrected chi connectivity index (χ3v) is 3.44. The molecule has 7 heteroatoms. The number of carboxylic acid groups (broad SMARTS) is 1. The van der Waals surface area contributed by atoms with Crippen molar-refractivity contribution in [3.8, 4) is 0 Å². The van der Waals surface area contributed by atoms with Gasteiger partial charge >= 0.3 is 5.97 Å². The van der Waals surface area contributed by atoms with Crippen LogP contribution in [0.2, 0.25) is 0 Å². The lowest BCUT2D eigenvalue weighted by Crippen LogP contribution is -2.26. The molecule has 0 radical (unpaired) electrons. The van der Waals surface area contributed by atoms with Crippen LogP contribution < -0.4 is 0 Å². The third-order valence-electron chi connectivity index (χ3n) is 2.23. The van der Waals surface area contributed by atoms with Crippen molar-refractivity contribution in [1.29, 1.82) is 0 Å². The van der Waals surface area contributed by atoms with E-state index in [1.54, 1.807) is 18.9 Å². The number of aryl methyl sites for hydroxylation is 1. The van der Waals surface area contributed by atoms with Crippen molar-refractivity contribution in [3.05, 3.63) is 15.6 Å². The lowest BCUT2D eigenvalue weighted by atomic mass is 10.4. The first kappa shape index (κ1) is 15.9. The molecule has 0 unspecified atom stereocenters. The molecule has 0 aliphatic rings. The molecule has 1 rings (SSSR count). The molecule has 0 fully saturated rings. The molecular weight excluding hydrogens is 264 g/mol. The van der Waals surface area contributed by atoms with E-state index in [0.717, 1.165) is 5.01 Å². The van der Waals surface area contributed by atoms with Gasteiger partial charge in [0.25, 0.3) is 0 Å². The molecule has 96 valence electrons. The number of carbonyl (C=O) groups excluding carboxylic acids is 1. The highest BCUT2D eigenvalue weighted by molar-refractivity contribution is 7.13. The molecule has 1 N–H and O–H groups in total. The van der Waals surface area contributed by atoms with Crippen LogP contribution in [0.15, 0.2) is 0 Å². The van der Waals surface area contributed by atoms with E-state index < -0.39 is 5.97 Å². The number of amides is 1. The number of aromatic nitrogens is 1. The number of halogens is 1. The highest BCUT2D eigenvalue weighted by Gasteiger charge is 2.14. The van der Waals surface area contributed by atoms with E-state index in [-0.39, 0.29) is 23.2 Å². The molecule has 0 spiro atoms. The van der Waals surface area contributed by atoms with Gasteiger partial charge in [-0.1, -0.05) is 0 Å². The van der Waals surface area contributed by atoms with Crippen LogP contribution in [0.5, 0.6) is 0 Å². The number of hydrogen-bond donors (Lipinski definition) is 1. The highest BCUT2D eigenvalue weighted by atomic mass is 35.5. The van der Waals surface area contributed by atoms with E-state index in [2.05, 4.69) is 4.98 Å². The second kappa shape index (κ2) is 6.56. The Morgan fingerprint density at radius 3 is 2.47 bits per heavy atom. The fourth-order valence-corrected chi connectivity index (χ4v) is 2.07. The van der Waals surface area contributed by atoms with Crippen molar-refractivity contribution < 1.29 is 14.7 Å². The van der Waals surface area contributed by atoms with Crippen molar-refractivity contribution in [2.24, 2.45) is 0 Å². The lowest BCUT2D eigenvalue weighted by molar-refractivity contribution is -0.127. The van der Waals surface area contributed by atoms with Crippen molar-refractivity contribution in [2.45, 2.75) is 20.3 Å². The number of rotatable bonds is 4. The Hall–Kier alpha value is -1.14. The maximum absolute atomic E-state index is 11.0. The standard InChI is InChI=1S/C10H14N2O3S.ClH/c1-6-9(10(14)15)16-8(11-6)4-5-12(3)7(2)13;/h4-5H2,1-3H3,(H,14,15);1H. The minimum atomic E-state index is -0.943. The maximum Gasteiger partial charge on any atom is 0.347 e. The van der Waals surface area contributed by atoms with Crippen LogP contribution in [-0.2, 0) is 11.2 Å². The molecule has 1 amide bonds. The molecule has 1 aromatic rings. The van der Waals surface area contributed by atoms with Gasteiger partial charge in [0.15, 0.2) is 0 Å². The van der Waals surface area contributed by atoms with Crippen molar-refractivity contribution in [2.75, 3.05) is 13.6 Å². The molecule has 0 atom stereocenters. The summed E-state index contributed by atoms with van der Waals surface area (Å²) >= 11 is 1.17. The van der Waals surface area contributed by atoms with E-state index in [9.17, 15) is 9.59 Å². The number of carboxylic acids is 1. The Labute approximate surface area is 110 Å². The van der Waals surface area contributed by atoms with Crippen molar-refractivity contribution in [1.82, 2.24) is 9.88 Å². The van der Waals surface area contributed by atoms with Gasteiger partial charge in [0, 0.05) is 26.9 Å². The molecule has 0 saturated carbocycles. The Kier molecular flexibility index (Phi) is 6.12. The number of likely N-dealkylation sites (N-methyl/N-ethyl adjacent to an activating group) is 1. The summed E-state index contributed by atoms with van der Waals surface area (Å²) in [5, 5.41) is 9.60. The van der Waals surface area contributed by atoms with Crippen LogP contribution in [0.3, 0.4) is 0 Å². The maximum atomic E-state index is 11.0. The first-order valence-corrected chi connectivity index (χ1v) is 5.64. The predicted octanol–water partition coefficient (Wildman–Crippen LogP) is 1.59. The summed E-state index contributed by atoms with van der Waals surface area (Å²) in [7, 11) is 1.71. The average molecular weight is 279 g/mol. The zero-order valence-electron chi connectivity index (χ0n) is 9.89. The molecule has 0 aromatic carbocycles. The third kappa shape index (κ3) is 4.32. The molecule has 1 aromatic heterocycles. The van der Waals surface area contributed by atoms with Gasteiger partial charge in [-0.3, -0.25) is 4.79 Å². The zero-order chi connectivity index (χ0) is 12.3. The zero-order valence-corrected chi connectivity index (χ0v) is 11.5. The molecule has 0 aliphatic carbocycles. The molecule has 0 bridgehead atoms. The molecular formula is C10H15ClN2O3S. The summed E-state index contributed by atoms with van der Waals surface area (Å²) < 4.78 is 0. The Balaban J connectivity index is 0.00000256. The van der Waals surface area contributed by atoms with Gasteiger partial charge in [-0.15, -0.1) is 23.7 Å². The number of aromatic carboxylic acids is 1. The van der Waals surface area contributed by atoms with Crippen LogP contribution in [0.4, 0.5) is 0 Å². The number of thiazole rings is 1. The Bertz CT molecular complexity index is 420. The van der Waals surface area contributed by atoms with Gasteiger partial charge in [0.2, 0.25) is 5.91 Å². The van der Waals surface area contributed by atoms with E-state index in [1.165, 1.54) is 18.3 Å². The second-order valence-electron chi connectivity index (χ2n) is 3.52. The Morgan fingerprint density at radius 1 is 1.47 bits per heavy atom. The minimum Gasteiger partial charge on any atom is -0.477 e. The summed E-state index contributed by atoms with van der Waals surface area (Å²) in [6, 6.07) is 0. The average Bonchev–Trinajstić information content (AvgIpc) is 2.56. The van der Waals surface area contributed by atoms with E-state index >= 15 is 0 Å². The minimum absolute atomic E-state index is 0. The summed E-state index contributed by atoms with van der Waals surface area (Å²) in [6.07, 6.45) is 0.592. The first-order chi connectivity index (χ1) is 7.41. The second-order valence-corrected chi connectivity index (χ2v) is 4.60. The normalized spacial score (nSPS) is 9.59. The smallest absolute Gasteiger partial charge is 0.347 e. The summed E-state index contributed by atoms with van der Waals surface area (Å²) in [5.41, 5.74) is 0.540. The van der Waals surface area contributed by atoms with Crippen molar-refractivity contribution in [3.63, 3.8) is 0 Å². The fourth-order valence-electron chi connectivity index (χ4n) is 1.18. The van der Waals surface area contributed by atoms with Gasteiger partial charge in [-0.25, -0.2) is 9.78 Å². The first-order valence-electron chi connectivity index (χ1n) is 4.83.